The Morgan fingerprint density at radius 1 is 1.38 bits per heavy atom. The van der Waals surface area contributed by atoms with E-state index in [0.29, 0.717) is 6.54 Å². The summed E-state index contributed by atoms with van der Waals surface area (Å²) in [6.45, 7) is 8.90. The lowest BCUT2D eigenvalue weighted by molar-refractivity contribution is 0.0211. The zero-order valence-electron chi connectivity index (χ0n) is 14.7. The highest BCUT2D eigenvalue weighted by molar-refractivity contribution is 5.74. The van der Waals surface area contributed by atoms with E-state index in [-0.39, 0.29) is 17.7 Å². The molecule has 2 saturated heterocycles. The van der Waals surface area contributed by atoms with E-state index in [1.54, 1.807) is 0 Å². The first-order chi connectivity index (χ1) is 11.6. The van der Waals surface area contributed by atoms with Crippen LogP contribution >= 0.6 is 0 Å². The molecule has 0 radical (unpaired) electrons. The first kappa shape index (κ1) is 17.2. The van der Waals surface area contributed by atoms with Gasteiger partial charge in [0.25, 0.3) is 0 Å². The van der Waals surface area contributed by atoms with Crippen molar-refractivity contribution in [1.29, 1.82) is 0 Å². The molecule has 3 heterocycles. The van der Waals surface area contributed by atoms with E-state index in [4.69, 9.17) is 4.74 Å². The molecule has 0 aromatic carbocycles. The summed E-state index contributed by atoms with van der Waals surface area (Å²) in [5.41, 5.74) is 0.895. The Morgan fingerprint density at radius 3 is 2.79 bits per heavy atom. The van der Waals surface area contributed by atoms with Crippen molar-refractivity contribution in [3.05, 3.63) is 30.1 Å². The maximum Gasteiger partial charge on any atom is 0.317 e. The number of rotatable bonds is 4. The van der Waals surface area contributed by atoms with Gasteiger partial charge in [0.15, 0.2) is 0 Å². The zero-order chi connectivity index (χ0) is 17.0. The van der Waals surface area contributed by atoms with Gasteiger partial charge in [-0.15, -0.1) is 0 Å². The number of nitrogens with zero attached hydrogens (tertiary/aromatic N) is 3. The average Bonchev–Trinajstić information content (AvgIpc) is 3.07. The quantitative estimate of drug-likeness (QED) is 0.917. The van der Waals surface area contributed by atoms with Crippen LogP contribution in [-0.4, -0.2) is 65.7 Å². The van der Waals surface area contributed by atoms with Crippen molar-refractivity contribution < 1.29 is 9.53 Å². The number of pyridine rings is 1. The van der Waals surface area contributed by atoms with Crippen molar-refractivity contribution in [2.24, 2.45) is 0 Å². The van der Waals surface area contributed by atoms with E-state index in [1.165, 1.54) is 0 Å². The van der Waals surface area contributed by atoms with Gasteiger partial charge in [-0.25, -0.2) is 4.79 Å². The lowest BCUT2D eigenvalue weighted by atomic mass is 10.0. The van der Waals surface area contributed by atoms with Crippen molar-refractivity contribution in [2.45, 2.75) is 38.3 Å². The van der Waals surface area contributed by atoms with Crippen molar-refractivity contribution in [1.82, 2.24) is 20.1 Å². The fraction of sp³-hybridized carbons (Fsp3) is 0.667. The number of aromatic nitrogens is 1. The normalized spacial score (nSPS) is 26.3. The van der Waals surface area contributed by atoms with E-state index >= 15 is 0 Å². The van der Waals surface area contributed by atoms with Gasteiger partial charge in [-0.3, -0.25) is 9.88 Å². The Balaban J connectivity index is 1.45. The highest BCUT2D eigenvalue weighted by atomic mass is 16.5. The Kier molecular flexibility index (Phi) is 5.36. The van der Waals surface area contributed by atoms with E-state index in [2.05, 4.69) is 35.1 Å². The van der Waals surface area contributed by atoms with Crippen LogP contribution in [0, 0.1) is 0 Å². The molecule has 1 aromatic rings. The molecule has 24 heavy (non-hydrogen) atoms. The molecule has 6 heteroatoms. The Bertz CT molecular complexity index is 537. The third kappa shape index (κ3) is 4.05. The van der Waals surface area contributed by atoms with E-state index in [1.807, 2.05) is 23.2 Å². The summed E-state index contributed by atoms with van der Waals surface area (Å²) in [7, 11) is 0. The summed E-state index contributed by atoms with van der Waals surface area (Å²) in [6.07, 6.45) is 3.93. The fourth-order valence-electron chi connectivity index (χ4n) is 3.47. The predicted molar refractivity (Wildman–Crippen MR) is 92.8 cm³/mol. The maximum atomic E-state index is 12.4. The van der Waals surface area contributed by atoms with Gasteiger partial charge in [0.1, 0.15) is 0 Å². The van der Waals surface area contributed by atoms with E-state index in [9.17, 15) is 4.79 Å². The van der Waals surface area contributed by atoms with Crippen molar-refractivity contribution in [3.63, 3.8) is 0 Å². The molecule has 132 valence electrons. The van der Waals surface area contributed by atoms with Crippen LogP contribution in [-0.2, 0) is 4.74 Å². The molecule has 2 aliphatic rings. The summed E-state index contributed by atoms with van der Waals surface area (Å²) in [6, 6.07) is 6.33. The van der Waals surface area contributed by atoms with Crippen LogP contribution in [0.15, 0.2) is 24.4 Å². The standard InChI is InChI=1S/C18H28N4O2/c1-15(16-6-3-4-8-19-16)21-9-11-22(12-10-21)17(23)20-14-18(2)7-5-13-24-18/h3-4,6,8,15H,5,7,9-14H2,1-2H3,(H,20,23)/t15-,18+/m0/s1. The molecule has 0 bridgehead atoms. The summed E-state index contributed by atoms with van der Waals surface area (Å²) in [4.78, 5) is 21.1. The number of ether oxygens (including phenoxy) is 1. The highest BCUT2D eigenvalue weighted by Crippen LogP contribution is 2.24. The highest BCUT2D eigenvalue weighted by Gasteiger charge is 2.31. The van der Waals surface area contributed by atoms with Crippen LogP contribution in [0.25, 0.3) is 0 Å². The lowest BCUT2D eigenvalue weighted by Gasteiger charge is -2.38. The monoisotopic (exact) mass is 332 g/mol. The van der Waals surface area contributed by atoms with E-state index < -0.39 is 0 Å². The minimum atomic E-state index is -0.190. The number of hydrogen-bond donors (Lipinski definition) is 1. The zero-order valence-corrected chi connectivity index (χ0v) is 14.7. The van der Waals surface area contributed by atoms with Crippen LogP contribution < -0.4 is 5.32 Å². The SMILES string of the molecule is C[C@@H](c1ccccn1)N1CCN(C(=O)NC[C@@]2(C)CCCO2)CC1. The second-order valence-electron chi connectivity index (χ2n) is 7.01. The molecule has 1 aromatic heterocycles. The number of carbonyl (C=O) groups is 1. The number of urea groups is 1. The largest absolute Gasteiger partial charge is 0.373 e. The predicted octanol–water partition coefficient (Wildman–Crippen LogP) is 2.04. The molecule has 2 atom stereocenters. The van der Waals surface area contributed by atoms with Gasteiger partial charge >= 0.3 is 6.03 Å². The molecule has 0 aliphatic carbocycles. The van der Waals surface area contributed by atoms with Crippen LogP contribution in [0.5, 0.6) is 0 Å². The van der Waals surface area contributed by atoms with Crippen LogP contribution in [0.4, 0.5) is 4.79 Å². The fourth-order valence-corrected chi connectivity index (χ4v) is 3.47. The molecule has 2 amide bonds. The molecule has 2 aliphatic heterocycles. The number of nitrogens with one attached hydrogen (secondary N) is 1. The molecule has 0 spiro atoms. The molecule has 2 fully saturated rings. The van der Waals surface area contributed by atoms with Crippen molar-refractivity contribution in [2.75, 3.05) is 39.3 Å². The minimum absolute atomic E-state index is 0.0249. The van der Waals surface area contributed by atoms with E-state index in [0.717, 1.165) is 51.3 Å². The first-order valence-corrected chi connectivity index (χ1v) is 8.89. The van der Waals surface area contributed by atoms with Gasteiger partial charge in [0.05, 0.1) is 11.3 Å². The second-order valence-corrected chi connectivity index (χ2v) is 7.01. The Hall–Kier alpha value is -1.66. The molecule has 1 N–H and O–H groups in total. The Morgan fingerprint density at radius 2 is 2.17 bits per heavy atom. The second kappa shape index (κ2) is 7.49. The van der Waals surface area contributed by atoms with Crippen LogP contribution in [0.2, 0.25) is 0 Å². The molecule has 0 unspecified atom stereocenters. The van der Waals surface area contributed by atoms with Gasteiger partial charge in [-0.05, 0) is 38.8 Å². The summed E-state index contributed by atoms with van der Waals surface area (Å²) < 4.78 is 5.73. The molecule has 0 saturated carbocycles. The average molecular weight is 332 g/mol. The number of carbonyl (C=O) groups excluding carboxylic acids is 1. The van der Waals surface area contributed by atoms with Gasteiger partial charge < -0.3 is 15.0 Å². The molecular weight excluding hydrogens is 304 g/mol. The molecular formula is C18H28N4O2. The lowest BCUT2D eigenvalue weighted by Crippen LogP contribution is -2.54. The third-order valence-electron chi connectivity index (χ3n) is 5.18. The third-order valence-corrected chi connectivity index (χ3v) is 5.18. The summed E-state index contributed by atoms with van der Waals surface area (Å²) in [5, 5.41) is 3.04. The van der Waals surface area contributed by atoms with Gasteiger partial charge in [0.2, 0.25) is 0 Å². The smallest absolute Gasteiger partial charge is 0.317 e. The Labute approximate surface area is 144 Å². The van der Waals surface area contributed by atoms with Gasteiger partial charge in [0, 0.05) is 51.6 Å². The number of amides is 2. The maximum absolute atomic E-state index is 12.4. The van der Waals surface area contributed by atoms with Gasteiger partial charge in [-0.2, -0.15) is 0 Å². The van der Waals surface area contributed by atoms with Crippen LogP contribution in [0.3, 0.4) is 0 Å². The minimum Gasteiger partial charge on any atom is -0.373 e. The number of piperazine rings is 1. The van der Waals surface area contributed by atoms with Crippen molar-refractivity contribution in [3.8, 4) is 0 Å². The van der Waals surface area contributed by atoms with Gasteiger partial charge in [-0.1, -0.05) is 6.07 Å². The summed E-state index contributed by atoms with van der Waals surface area (Å²) >= 11 is 0. The van der Waals surface area contributed by atoms with Crippen LogP contribution in [0.1, 0.15) is 38.4 Å². The topological polar surface area (TPSA) is 57.7 Å². The molecule has 6 nitrogen and oxygen atoms in total. The molecule has 3 rings (SSSR count). The van der Waals surface area contributed by atoms with Crippen molar-refractivity contribution >= 4 is 6.03 Å². The number of hydrogen-bond acceptors (Lipinski definition) is 4. The first-order valence-electron chi connectivity index (χ1n) is 8.89. The summed E-state index contributed by atoms with van der Waals surface area (Å²) in [5.74, 6) is 0.